The van der Waals surface area contributed by atoms with Gasteiger partial charge in [0.25, 0.3) is 0 Å². The van der Waals surface area contributed by atoms with Gasteiger partial charge in [0, 0.05) is 10.0 Å². The van der Waals surface area contributed by atoms with Crippen molar-refractivity contribution in [2.24, 2.45) is 4.99 Å². The molecule has 2 heterocycles. The Morgan fingerprint density at radius 2 is 2.24 bits per heavy atom. The fourth-order valence-electron chi connectivity index (χ4n) is 1.88. The van der Waals surface area contributed by atoms with Gasteiger partial charge in [-0.3, -0.25) is 0 Å². The highest BCUT2D eigenvalue weighted by molar-refractivity contribution is 9.10. The van der Waals surface area contributed by atoms with E-state index >= 15 is 0 Å². The molecule has 106 valence electrons. The van der Waals surface area contributed by atoms with Crippen LogP contribution in [-0.4, -0.2) is 19.0 Å². The van der Waals surface area contributed by atoms with Gasteiger partial charge in [-0.05, 0) is 35.7 Å². The van der Waals surface area contributed by atoms with E-state index in [2.05, 4.69) is 20.9 Å². The molecule has 0 amide bonds. The number of aliphatic imine (C=N–C) groups is 1. The molecule has 1 aromatic carbocycles. The summed E-state index contributed by atoms with van der Waals surface area (Å²) in [6.45, 7) is 0. The van der Waals surface area contributed by atoms with E-state index in [9.17, 15) is 4.79 Å². The summed E-state index contributed by atoms with van der Waals surface area (Å²) in [5.74, 6) is 0.550. The van der Waals surface area contributed by atoms with E-state index in [1.807, 2.05) is 35.7 Å². The lowest BCUT2D eigenvalue weighted by atomic mass is 10.1. The number of ether oxygens (including phenoxy) is 2. The van der Waals surface area contributed by atoms with Gasteiger partial charge in [0.05, 0.1) is 12.0 Å². The summed E-state index contributed by atoms with van der Waals surface area (Å²) < 4.78 is 11.4. The van der Waals surface area contributed by atoms with Crippen LogP contribution in [0.15, 0.2) is 50.9 Å². The Labute approximate surface area is 133 Å². The van der Waals surface area contributed by atoms with Crippen molar-refractivity contribution in [2.75, 3.05) is 7.11 Å². The second-order valence-corrected chi connectivity index (χ2v) is 6.06. The molecule has 0 N–H and O–H groups in total. The van der Waals surface area contributed by atoms with Crippen LogP contribution in [0.25, 0.3) is 6.08 Å². The van der Waals surface area contributed by atoms with Crippen LogP contribution in [0.5, 0.6) is 5.75 Å². The summed E-state index contributed by atoms with van der Waals surface area (Å²) >= 11 is 4.87. The normalized spacial score (nSPS) is 16.0. The van der Waals surface area contributed by atoms with E-state index < -0.39 is 5.97 Å². The third-order valence-corrected chi connectivity index (χ3v) is 4.19. The number of methoxy groups -OCH3 is 1. The highest BCUT2D eigenvalue weighted by Crippen LogP contribution is 2.27. The average molecular weight is 364 g/mol. The smallest absolute Gasteiger partial charge is 0.363 e. The second kappa shape index (κ2) is 5.83. The Hall–Kier alpha value is -1.92. The van der Waals surface area contributed by atoms with Gasteiger partial charge in [0.1, 0.15) is 5.75 Å². The van der Waals surface area contributed by atoms with Crippen molar-refractivity contribution in [1.29, 1.82) is 0 Å². The molecule has 0 fully saturated rings. The zero-order chi connectivity index (χ0) is 14.8. The van der Waals surface area contributed by atoms with Gasteiger partial charge >= 0.3 is 5.97 Å². The summed E-state index contributed by atoms with van der Waals surface area (Å²) in [5.41, 5.74) is 1.02. The largest absolute Gasteiger partial charge is 0.496 e. The van der Waals surface area contributed by atoms with Gasteiger partial charge in [-0.25, -0.2) is 9.79 Å². The maximum absolute atomic E-state index is 11.9. The Bertz CT molecular complexity index is 750. The van der Waals surface area contributed by atoms with Crippen molar-refractivity contribution in [3.63, 3.8) is 0 Å². The number of esters is 1. The zero-order valence-corrected chi connectivity index (χ0v) is 13.4. The number of nitrogens with zero attached hydrogens (tertiary/aromatic N) is 1. The first-order valence-corrected chi connectivity index (χ1v) is 7.74. The topological polar surface area (TPSA) is 47.9 Å². The van der Waals surface area contributed by atoms with Crippen LogP contribution in [0, 0.1) is 0 Å². The summed E-state index contributed by atoms with van der Waals surface area (Å²) in [6.07, 6.45) is 1.66. The highest BCUT2D eigenvalue weighted by Gasteiger charge is 2.25. The molecule has 1 aliphatic rings. The van der Waals surface area contributed by atoms with Crippen LogP contribution in [0.1, 0.15) is 10.4 Å². The Balaban J connectivity index is 2.00. The minimum atomic E-state index is -0.458. The van der Waals surface area contributed by atoms with E-state index in [1.54, 1.807) is 13.2 Å². The van der Waals surface area contributed by atoms with Gasteiger partial charge in [0.2, 0.25) is 5.90 Å². The predicted molar refractivity (Wildman–Crippen MR) is 85.6 cm³/mol. The molecule has 0 radical (unpaired) electrons. The summed E-state index contributed by atoms with van der Waals surface area (Å²) in [7, 11) is 1.58. The minimum Gasteiger partial charge on any atom is -0.496 e. The van der Waals surface area contributed by atoms with Crippen LogP contribution in [0.2, 0.25) is 0 Å². The van der Waals surface area contributed by atoms with Gasteiger partial charge in [-0.15, -0.1) is 11.3 Å². The molecule has 0 aliphatic carbocycles. The molecule has 1 aromatic heterocycles. The van der Waals surface area contributed by atoms with Crippen molar-refractivity contribution in [3.8, 4) is 5.75 Å². The number of halogens is 1. The minimum absolute atomic E-state index is 0.259. The van der Waals surface area contributed by atoms with E-state index in [-0.39, 0.29) is 5.70 Å². The summed E-state index contributed by atoms with van der Waals surface area (Å²) in [4.78, 5) is 17.0. The number of carbonyl (C=O) groups excluding carboxylic acids is 1. The quantitative estimate of drug-likeness (QED) is 0.614. The third kappa shape index (κ3) is 2.91. The SMILES string of the molecule is COc1ccc(Br)cc1C=C1N=C(c2cccs2)OC1=O. The van der Waals surface area contributed by atoms with E-state index in [0.717, 1.165) is 14.9 Å². The lowest BCUT2D eigenvalue weighted by molar-refractivity contribution is -0.129. The van der Waals surface area contributed by atoms with Crippen LogP contribution in [0.4, 0.5) is 0 Å². The maximum atomic E-state index is 11.9. The fourth-order valence-corrected chi connectivity index (χ4v) is 2.91. The molecule has 4 nitrogen and oxygen atoms in total. The van der Waals surface area contributed by atoms with Crippen molar-refractivity contribution < 1.29 is 14.3 Å². The van der Waals surface area contributed by atoms with Crippen molar-refractivity contribution in [3.05, 3.63) is 56.3 Å². The zero-order valence-electron chi connectivity index (χ0n) is 11.0. The predicted octanol–water partition coefficient (Wildman–Crippen LogP) is 3.86. The average Bonchev–Trinajstić information content (AvgIpc) is 3.10. The molecule has 3 rings (SSSR count). The third-order valence-electron chi connectivity index (χ3n) is 2.84. The molecule has 0 atom stereocenters. The summed E-state index contributed by atoms with van der Waals surface area (Å²) in [6, 6.07) is 9.29. The Morgan fingerprint density at radius 1 is 1.38 bits per heavy atom. The van der Waals surface area contributed by atoms with Crippen LogP contribution >= 0.6 is 27.3 Å². The first-order chi connectivity index (χ1) is 10.2. The van der Waals surface area contributed by atoms with Crippen LogP contribution < -0.4 is 4.74 Å². The summed E-state index contributed by atoms with van der Waals surface area (Å²) in [5, 5.41) is 1.91. The number of carbonyl (C=O) groups is 1. The number of hydrogen-bond acceptors (Lipinski definition) is 5. The number of benzene rings is 1. The van der Waals surface area contributed by atoms with Gasteiger partial charge < -0.3 is 9.47 Å². The molecule has 0 saturated carbocycles. The van der Waals surface area contributed by atoms with E-state index in [0.29, 0.717) is 11.6 Å². The molecule has 0 bridgehead atoms. The van der Waals surface area contributed by atoms with Crippen molar-refractivity contribution >= 4 is 45.2 Å². The number of hydrogen-bond donors (Lipinski definition) is 0. The van der Waals surface area contributed by atoms with Crippen LogP contribution in [0.3, 0.4) is 0 Å². The molecular formula is C15H10BrNO3S. The van der Waals surface area contributed by atoms with Crippen LogP contribution in [-0.2, 0) is 9.53 Å². The highest BCUT2D eigenvalue weighted by atomic mass is 79.9. The standard InChI is InChI=1S/C15H10BrNO3S/c1-19-12-5-4-10(16)7-9(12)8-11-15(18)20-14(17-11)13-3-2-6-21-13/h2-8H,1H3. The van der Waals surface area contributed by atoms with E-state index in [1.165, 1.54) is 11.3 Å². The monoisotopic (exact) mass is 363 g/mol. The lowest BCUT2D eigenvalue weighted by Gasteiger charge is -2.04. The molecule has 0 saturated heterocycles. The number of thiophene rings is 1. The van der Waals surface area contributed by atoms with Crippen molar-refractivity contribution in [2.45, 2.75) is 0 Å². The van der Waals surface area contributed by atoms with E-state index in [4.69, 9.17) is 9.47 Å². The van der Waals surface area contributed by atoms with Gasteiger partial charge in [0.15, 0.2) is 5.70 Å². The van der Waals surface area contributed by atoms with Gasteiger partial charge in [-0.2, -0.15) is 0 Å². The molecule has 6 heteroatoms. The lowest BCUT2D eigenvalue weighted by Crippen LogP contribution is -2.03. The maximum Gasteiger partial charge on any atom is 0.363 e. The van der Waals surface area contributed by atoms with Gasteiger partial charge in [-0.1, -0.05) is 22.0 Å². The first kappa shape index (κ1) is 14.0. The van der Waals surface area contributed by atoms with Crippen molar-refractivity contribution in [1.82, 2.24) is 0 Å². The Kier molecular flexibility index (Phi) is 3.90. The number of rotatable bonds is 3. The molecule has 1 aliphatic heterocycles. The molecule has 2 aromatic rings. The molecule has 21 heavy (non-hydrogen) atoms. The molecule has 0 unspecified atom stereocenters. The molecule has 0 spiro atoms. The first-order valence-electron chi connectivity index (χ1n) is 6.07. The molecular weight excluding hydrogens is 354 g/mol. The second-order valence-electron chi connectivity index (χ2n) is 4.20. The fraction of sp³-hybridized carbons (Fsp3) is 0.0667. The Morgan fingerprint density at radius 3 is 2.95 bits per heavy atom. The number of cyclic esters (lactones) is 1.